The Hall–Kier alpha value is -3.61. The van der Waals surface area contributed by atoms with E-state index in [4.69, 9.17) is 21.1 Å². The molecule has 13 heteroatoms. The van der Waals surface area contributed by atoms with E-state index in [0.29, 0.717) is 29.7 Å². The molecule has 0 spiro atoms. The summed E-state index contributed by atoms with van der Waals surface area (Å²) in [6, 6.07) is 7.38. The lowest BCUT2D eigenvalue weighted by Crippen LogP contribution is -2.36. The molecule has 0 unspecified atom stereocenters. The molecule has 3 aromatic rings. The van der Waals surface area contributed by atoms with Gasteiger partial charge in [-0.25, -0.2) is 9.78 Å². The number of carbonyl (C=O) groups is 2. The van der Waals surface area contributed by atoms with Gasteiger partial charge in [0, 0.05) is 24.8 Å². The summed E-state index contributed by atoms with van der Waals surface area (Å²) in [5, 5.41) is 8.53. The molecule has 1 aromatic carbocycles. The van der Waals surface area contributed by atoms with E-state index in [1.165, 1.54) is 17.5 Å². The Morgan fingerprint density at radius 2 is 2.09 bits per heavy atom. The van der Waals surface area contributed by atoms with E-state index < -0.39 is 5.97 Å². The van der Waals surface area contributed by atoms with Crippen molar-refractivity contribution in [3.8, 4) is 5.75 Å². The molecule has 3 heterocycles. The molecule has 1 aliphatic heterocycles. The highest BCUT2D eigenvalue weighted by Crippen LogP contribution is 2.34. The van der Waals surface area contributed by atoms with Gasteiger partial charge in [0.25, 0.3) is 0 Å². The number of carbonyl (C=O) groups excluding carboxylic acids is 2. The lowest BCUT2D eigenvalue weighted by atomic mass is 10.2. The predicted octanol–water partition coefficient (Wildman–Crippen LogP) is 3.34. The van der Waals surface area contributed by atoms with Gasteiger partial charge < -0.3 is 29.8 Å². The van der Waals surface area contributed by atoms with Gasteiger partial charge in [-0.1, -0.05) is 11.6 Å². The molecule has 2 aromatic heterocycles. The molecule has 1 amide bonds. The molecule has 0 saturated carbocycles. The van der Waals surface area contributed by atoms with Crippen molar-refractivity contribution in [2.24, 2.45) is 0 Å². The molecule has 1 fully saturated rings. The van der Waals surface area contributed by atoms with Crippen LogP contribution in [-0.4, -0.2) is 55.8 Å². The average Bonchev–Trinajstić information content (AvgIpc) is 3.33. The van der Waals surface area contributed by atoms with Crippen molar-refractivity contribution in [3.05, 3.63) is 46.4 Å². The van der Waals surface area contributed by atoms with Crippen LogP contribution in [0.5, 0.6) is 5.75 Å². The third-order valence-electron chi connectivity index (χ3n) is 4.87. The number of thiophene rings is 1. The fourth-order valence-electron chi connectivity index (χ4n) is 3.24. The van der Waals surface area contributed by atoms with Crippen molar-refractivity contribution in [1.82, 2.24) is 15.4 Å². The van der Waals surface area contributed by atoms with Crippen LogP contribution in [0.1, 0.15) is 10.4 Å². The van der Waals surface area contributed by atoms with E-state index >= 15 is 0 Å². The van der Waals surface area contributed by atoms with E-state index in [2.05, 4.69) is 30.3 Å². The maximum Gasteiger partial charge on any atom is 0.365 e. The van der Waals surface area contributed by atoms with Gasteiger partial charge >= 0.3 is 5.97 Å². The summed E-state index contributed by atoms with van der Waals surface area (Å²) in [5.74, 6) is 0.447. The number of methoxy groups -OCH3 is 1. The van der Waals surface area contributed by atoms with Crippen LogP contribution in [0.15, 0.2) is 35.8 Å². The van der Waals surface area contributed by atoms with Crippen LogP contribution in [0.2, 0.25) is 5.02 Å². The summed E-state index contributed by atoms with van der Waals surface area (Å²) in [4.78, 5) is 38.0. The summed E-state index contributed by atoms with van der Waals surface area (Å²) in [5.41, 5.74) is 3.79. The predicted molar refractivity (Wildman–Crippen MR) is 129 cm³/mol. The van der Waals surface area contributed by atoms with Crippen LogP contribution in [0, 0.1) is 0 Å². The van der Waals surface area contributed by atoms with Crippen LogP contribution in [-0.2, 0) is 14.4 Å². The Kier molecular flexibility index (Phi) is 7.62. The number of hydrogen-bond acceptors (Lipinski definition) is 11. The highest BCUT2D eigenvalue weighted by Gasteiger charge is 2.18. The topological polar surface area (TPSA) is 127 Å². The van der Waals surface area contributed by atoms with Crippen LogP contribution in [0.4, 0.5) is 28.1 Å². The SMILES string of the molecule is COc1cc(N2CCOCC2)ccc1Nc1ncc(Cl)c(Nc2sccc2C(=O)ONC=O)n1. The summed E-state index contributed by atoms with van der Waals surface area (Å²) < 4.78 is 11.0. The van der Waals surface area contributed by atoms with Gasteiger partial charge in [-0.15, -0.1) is 11.3 Å². The first-order valence-corrected chi connectivity index (χ1v) is 11.4. The second-order valence-electron chi connectivity index (χ2n) is 6.91. The second-order valence-corrected chi connectivity index (χ2v) is 8.24. The zero-order chi connectivity index (χ0) is 23.9. The molecule has 3 N–H and O–H groups in total. The van der Waals surface area contributed by atoms with Gasteiger partial charge in [-0.05, 0) is 23.6 Å². The lowest BCUT2D eigenvalue weighted by Gasteiger charge is -2.29. The summed E-state index contributed by atoms with van der Waals surface area (Å²) >= 11 is 7.52. The lowest BCUT2D eigenvalue weighted by molar-refractivity contribution is -0.117. The molecule has 0 bridgehead atoms. The van der Waals surface area contributed by atoms with Crippen molar-refractivity contribution in [2.45, 2.75) is 0 Å². The van der Waals surface area contributed by atoms with Gasteiger partial charge in [0.15, 0.2) is 5.82 Å². The number of rotatable bonds is 9. The first-order chi connectivity index (χ1) is 16.6. The van der Waals surface area contributed by atoms with Crippen molar-refractivity contribution in [1.29, 1.82) is 0 Å². The molecule has 178 valence electrons. The van der Waals surface area contributed by atoms with Crippen LogP contribution in [0.25, 0.3) is 0 Å². The van der Waals surface area contributed by atoms with E-state index in [9.17, 15) is 9.59 Å². The average molecular weight is 505 g/mol. The first-order valence-electron chi connectivity index (χ1n) is 10.1. The number of amides is 1. The summed E-state index contributed by atoms with van der Waals surface area (Å²) in [7, 11) is 1.59. The van der Waals surface area contributed by atoms with Gasteiger partial charge in [-0.3, -0.25) is 4.79 Å². The normalized spacial score (nSPS) is 13.2. The molecule has 0 atom stereocenters. The fourth-order valence-corrected chi connectivity index (χ4v) is 4.16. The maximum atomic E-state index is 12.1. The second kappa shape index (κ2) is 11.0. The van der Waals surface area contributed by atoms with Crippen molar-refractivity contribution in [2.75, 3.05) is 48.9 Å². The maximum absolute atomic E-state index is 12.1. The van der Waals surface area contributed by atoms with E-state index in [0.717, 1.165) is 18.8 Å². The Morgan fingerprint density at radius 1 is 1.26 bits per heavy atom. The number of hydrogen-bond donors (Lipinski definition) is 3. The largest absolute Gasteiger partial charge is 0.494 e. The van der Waals surface area contributed by atoms with Gasteiger partial charge in [0.2, 0.25) is 12.4 Å². The van der Waals surface area contributed by atoms with Crippen molar-refractivity contribution in [3.63, 3.8) is 0 Å². The zero-order valence-corrected chi connectivity index (χ0v) is 19.6. The number of hydroxylamine groups is 1. The number of nitrogens with one attached hydrogen (secondary N) is 3. The summed E-state index contributed by atoms with van der Waals surface area (Å²) in [6.45, 7) is 3.01. The minimum atomic E-state index is -0.732. The molecule has 11 nitrogen and oxygen atoms in total. The highest BCUT2D eigenvalue weighted by atomic mass is 35.5. The number of benzene rings is 1. The van der Waals surface area contributed by atoms with E-state index in [1.807, 2.05) is 23.7 Å². The van der Waals surface area contributed by atoms with Crippen molar-refractivity contribution >= 4 is 63.5 Å². The Labute approximate surface area is 204 Å². The third kappa shape index (κ3) is 5.47. The molecular formula is C21H21ClN6O5S. The monoisotopic (exact) mass is 504 g/mol. The molecule has 4 rings (SSSR count). The highest BCUT2D eigenvalue weighted by molar-refractivity contribution is 7.14. The smallest absolute Gasteiger partial charge is 0.365 e. The quantitative estimate of drug-likeness (QED) is 0.295. The van der Waals surface area contributed by atoms with E-state index in [1.54, 1.807) is 18.6 Å². The number of nitrogens with zero attached hydrogens (tertiary/aromatic N) is 3. The molecule has 0 radical (unpaired) electrons. The van der Waals surface area contributed by atoms with Gasteiger partial charge in [-0.2, -0.15) is 10.5 Å². The third-order valence-corrected chi connectivity index (χ3v) is 5.98. The number of morpholine rings is 1. The molecule has 34 heavy (non-hydrogen) atoms. The Bertz CT molecular complexity index is 1170. The standard InChI is InChI=1S/C21H21ClN6O5S/c1-31-17-10-13(28-5-7-32-8-6-28)2-3-16(17)25-21-23-11-15(22)18(27-21)26-19-14(4-9-34-19)20(30)33-24-12-29/h2-4,9-12H,5-8H2,1H3,(H,24,29)(H2,23,25,26,27). The Balaban J connectivity index is 1.52. The molecule has 1 aliphatic rings. The molecular weight excluding hydrogens is 484 g/mol. The number of halogens is 1. The van der Waals surface area contributed by atoms with Crippen LogP contribution < -0.4 is 25.8 Å². The number of aromatic nitrogens is 2. The molecule has 0 aliphatic carbocycles. The van der Waals surface area contributed by atoms with Crippen LogP contribution >= 0.6 is 22.9 Å². The zero-order valence-electron chi connectivity index (χ0n) is 18.0. The molecule has 1 saturated heterocycles. The number of ether oxygens (including phenoxy) is 2. The Morgan fingerprint density at radius 3 is 2.85 bits per heavy atom. The minimum Gasteiger partial charge on any atom is -0.494 e. The van der Waals surface area contributed by atoms with Gasteiger partial charge in [0.05, 0.1) is 37.8 Å². The number of anilines is 5. The van der Waals surface area contributed by atoms with Gasteiger partial charge in [0.1, 0.15) is 15.8 Å². The minimum absolute atomic E-state index is 0.212. The first kappa shape index (κ1) is 23.5. The van der Waals surface area contributed by atoms with E-state index in [-0.39, 0.29) is 28.8 Å². The summed E-state index contributed by atoms with van der Waals surface area (Å²) in [6.07, 6.45) is 1.70. The fraction of sp³-hybridized carbons (Fsp3) is 0.238. The van der Waals surface area contributed by atoms with Crippen molar-refractivity contribution < 1.29 is 23.9 Å². The van der Waals surface area contributed by atoms with Crippen LogP contribution in [0.3, 0.4) is 0 Å².